The zero-order valence-electron chi connectivity index (χ0n) is 10.5. The van der Waals surface area contributed by atoms with Gasteiger partial charge in [-0.1, -0.05) is 39.0 Å². The zero-order valence-corrected chi connectivity index (χ0v) is 10.5. The third kappa shape index (κ3) is 2.62. The van der Waals surface area contributed by atoms with E-state index >= 15 is 0 Å². The summed E-state index contributed by atoms with van der Waals surface area (Å²) in [5, 5.41) is 3.35. The van der Waals surface area contributed by atoms with E-state index in [-0.39, 0.29) is 11.2 Å². The van der Waals surface area contributed by atoms with Crippen LogP contribution in [-0.2, 0) is 5.41 Å². The summed E-state index contributed by atoms with van der Waals surface area (Å²) in [7, 11) is 0. The summed E-state index contributed by atoms with van der Waals surface area (Å²) in [6.07, 6.45) is 1.91. The minimum absolute atomic E-state index is 0.0681. The van der Waals surface area contributed by atoms with Crippen molar-refractivity contribution in [1.82, 2.24) is 5.32 Å². The lowest BCUT2D eigenvalue weighted by atomic mass is 9.75. The van der Waals surface area contributed by atoms with Crippen LogP contribution in [0.3, 0.4) is 0 Å². The highest BCUT2D eigenvalue weighted by atomic mass is 19.1. The number of rotatable bonds is 6. The fourth-order valence-electron chi connectivity index (χ4n) is 2.23. The monoisotopic (exact) mass is 223 g/mol. The molecular formula is C14H22FN. The molecule has 0 fully saturated rings. The lowest BCUT2D eigenvalue weighted by Gasteiger charge is -2.33. The molecule has 0 aliphatic heterocycles. The van der Waals surface area contributed by atoms with Crippen molar-refractivity contribution in [2.75, 3.05) is 13.1 Å². The largest absolute Gasteiger partial charge is 0.316 e. The van der Waals surface area contributed by atoms with E-state index in [1.54, 1.807) is 12.1 Å². The lowest BCUT2D eigenvalue weighted by Crippen LogP contribution is -2.38. The molecule has 0 atom stereocenters. The maximum atomic E-state index is 13.9. The summed E-state index contributed by atoms with van der Waals surface area (Å²) in [6, 6.07) is 7.15. The van der Waals surface area contributed by atoms with E-state index in [0.29, 0.717) is 0 Å². The van der Waals surface area contributed by atoms with Crippen LogP contribution < -0.4 is 5.32 Å². The smallest absolute Gasteiger partial charge is 0.127 e. The Balaban J connectivity index is 3.05. The molecule has 0 spiro atoms. The van der Waals surface area contributed by atoms with Gasteiger partial charge < -0.3 is 5.32 Å². The summed E-state index contributed by atoms with van der Waals surface area (Å²) in [5.41, 5.74) is 0.780. The van der Waals surface area contributed by atoms with Crippen LogP contribution in [0.4, 0.5) is 4.39 Å². The summed E-state index contributed by atoms with van der Waals surface area (Å²) in [4.78, 5) is 0. The molecule has 0 aliphatic rings. The molecule has 0 unspecified atom stereocenters. The highest BCUT2D eigenvalue weighted by Crippen LogP contribution is 2.32. The molecule has 0 saturated heterocycles. The van der Waals surface area contributed by atoms with E-state index in [4.69, 9.17) is 0 Å². The van der Waals surface area contributed by atoms with Gasteiger partial charge in [0, 0.05) is 12.0 Å². The number of hydrogen-bond acceptors (Lipinski definition) is 1. The zero-order chi connectivity index (χ0) is 12.0. The topological polar surface area (TPSA) is 12.0 Å². The average molecular weight is 223 g/mol. The first kappa shape index (κ1) is 13.2. The molecule has 0 aromatic heterocycles. The van der Waals surface area contributed by atoms with Crippen molar-refractivity contribution in [1.29, 1.82) is 0 Å². The highest BCUT2D eigenvalue weighted by Gasteiger charge is 2.30. The van der Waals surface area contributed by atoms with Crippen molar-refractivity contribution in [3.8, 4) is 0 Å². The molecule has 1 rings (SSSR count). The molecule has 1 aromatic carbocycles. The van der Waals surface area contributed by atoms with E-state index in [0.717, 1.165) is 31.5 Å². The van der Waals surface area contributed by atoms with Crippen LogP contribution in [0, 0.1) is 5.82 Å². The maximum absolute atomic E-state index is 13.9. The molecule has 0 saturated carbocycles. The molecule has 1 N–H and O–H groups in total. The van der Waals surface area contributed by atoms with Gasteiger partial charge in [-0.05, 0) is 31.0 Å². The Morgan fingerprint density at radius 3 is 2.25 bits per heavy atom. The fraction of sp³-hybridized carbons (Fsp3) is 0.571. The van der Waals surface area contributed by atoms with Crippen molar-refractivity contribution in [2.24, 2.45) is 0 Å². The van der Waals surface area contributed by atoms with Crippen LogP contribution >= 0.6 is 0 Å². The second kappa shape index (κ2) is 6.00. The first-order valence-corrected chi connectivity index (χ1v) is 6.16. The van der Waals surface area contributed by atoms with E-state index in [2.05, 4.69) is 26.1 Å². The van der Waals surface area contributed by atoms with Crippen LogP contribution in [0.2, 0.25) is 0 Å². The van der Waals surface area contributed by atoms with Gasteiger partial charge in [0.2, 0.25) is 0 Å². The maximum Gasteiger partial charge on any atom is 0.127 e. The van der Waals surface area contributed by atoms with Crippen molar-refractivity contribution in [3.05, 3.63) is 35.6 Å². The molecule has 90 valence electrons. The van der Waals surface area contributed by atoms with Crippen molar-refractivity contribution in [2.45, 2.75) is 39.0 Å². The molecule has 0 aliphatic carbocycles. The van der Waals surface area contributed by atoms with Crippen molar-refractivity contribution >= 4 is 0 Å². The van der Waals surface area contributed by atoms with Crippen LogP contribution in [0.15, 0.2) is 24.3 Å². The fourth-order valence-corrected chi connectivity index (χ4v) is 2.23. The second-order valence-electron chi connectivity index (χ2n) is 4.25. The van der Waals surface area contributed by atoms with E-state index in [9.17, 15) is 4.39 Å². The van der Waals surface area contributed by atoms with Crippen LogP contribution in [0.25, 0.3) is 0 Å². The van der Waals surface area contributed by atoms with Gasteiger partial charge in [-0.2, -0.15) is 0 Å². The Morgan fingerprint density at radius 2 is 1.75 bits per heavy atom. The lowest BCUT2D eigenvalue weighted by molar-refractivity contribution is 0.357. The summed E-state index contributed by atoms with van der Waals surface area (Å²) in [5.74, 6) is -0.0795. The van der Waals surface area contributed by atoms with Crippen LogP contribution in [0.5, 0.6) is 0 Å². The van der Waals surface area contributed by atoms with Gasteiger partial charge in [-0.15, -0.1) is 0 Å². The number of nitrogens with one attached hydrogen (secondary N) is 1. The van der Waals surface area contributed by atoms with Gasteiger partial charge in [0.05, 0.1) is 0 Å². The number of halogens is 1. The number of hydrogen-bond donors (Lipinski definition) is 1. The molecule has 16 heavy (non-hydrogen) atoms. The van der Waals surface area contributed by atoms with E-state index < -0.39 is 0 Å². The molecule has 2 heteroatoms. The predicted molar refractivity (Wildman–Crippen MR) is 67.2 cm³/mol. The SMILES string of the molecule is CCNCC(CC)(CC)c1ccccc1F. The standard InChI is InChI=1S/C14H22FN/c1-4-14(5-2,11-16-6-3)12-9-7-8-10-13(12)15/h7-10,16H,4-6,11H2,1-3H3. The normalized spacial score (nSPS) is 11.8. The Morgan fingerprint density at radius 1 is 1.12 bits per heavy atom. The van der Waals surface area contributed by atoms with Crippen molar-refractivity contribution < 1.29 is 4.39 Å². The Bertz CT molecular complexity index is 318. The molecule has 1 nitrogen and oxygen atoms in total. The first-order valence-electron chi connectivity index (χ1n) is 6.16. The first-order chi connectivity index (χ1) is 7.70. The minimum atomic E-state index is -0.0795. The van der Waals surface area contributed by atoms with Crippen LogP contribution in [-0.4, -0.2) is 13.1 Å². The van der Waals surface area contributed by atoms with Gasteiger partial charge in [0.25, 0.3) is 0 Å². The second-order valence-corrected chi connectivity index (χ2v) is 4.25. The third-order valence-electron chi connectivity index (χ3n) is 3.51. The molecule has 0 amide bonds. The summed E-state index contributed by atoms with van der Waals surface area (Å²) >= 11 is 0. The average Bonchev–Trinajstić information content (AvgIpc) is 2.33. The highest BCUT2D eigenvalue weighted by molar-refractivity contribution is 5.27. The Labute approximate surface area is 98.1 Å². The molecular weight excluding hydrogens is 201 g/mol. The predicted octanol–water partition coefficient (Wildman–Crippen LogP) is 3.49. The molecule has 0 bridgehead atoms. The number of likely N-dealkylation sites (N-methyl/N-ethyl adjacent to an activating group) is 1. The minimum Gasteiger partial charge on any atom is -0.316 e. The molecule has 0 radical (unpaired) electrons. The Kier molecular flexibility index (Phi) is 4.94. The van der Waals surface area contributed by atoms with E-state index in [1.165, 1.54) is 0 Å². The number of benzene rings is 1. The van der Waals surface area contributed by atoms with Gasteiger partial charge in [-0.25, -0.2) is 4.39 Å². The third-order valence-corrected chi connectivity index (χ3v) is 3.51. The van der Waals surface area contributed by atoms with E-state index in [1.807, 2.05) is 12.1 Å². The molecule has 0 heterocycles. The van der Waals surface area contributed by atoms with Gasteiger partial charge in [-0.3, -0.25) is 0 Å². The molecule has 1 aromatic rings. The quantitative estimate of drug-likeness (QED) is 0.778. The van der Waals surface area contributed by atoms with Crippen LogP contribution in [0.1, 0.15) is 39.2 Å². The van der Waals surface area contributed by atoms with Crippen molar-refractivity contribution in [3.63, 3.8) is 0 Å². The summed E-state index contributed by atoms with van der Waals surface area (Å²) < 4.78 is 13.9. The van der Waals surface area contributed by atoms with Gasteiger partial charge in [0.15, 0.2) is 0 Å². The Hall–Kier alpha value is -0.890. The van der Waals surface area contributed by atoms with Gasteiger partial charge in [0.1, 0.15) is 5.82 Å². The van der Waals surface area contributed by atoms with Gasteiger partial charge >= 0.3 is 0 Å². The summed E-state index contributed by atoms with van der Waals surface area (Å²) in [6.45, 7) is 8.12.